The fourth-order valence-electron chi connectivity index (χ4n) is 2.27. The summed E-state index contributed by atoms with van der Waals surface area (Å²) >= 11 is 0. The Labute approximate surface area is 140 Å². The van der Waals surface area contributed by atoms with Gasteiger partial charge in [-0.3, -0.25) is 9.59 Å². The number of anilines is 2. The van der Waals surface area contributed by atoms with Gasteiger partial charge in [-0.1, -0.05) is 53.5 Å². The molecule has 0 saturated carbocycles. The molecule has 1 aromatic carbocycles. The maximum Gasteiger partial charge on any atom is 0.227 e. The minimum atomic E-state index is -0.0106. The minimum absolute atomic E-state index is 0.000299. The van der Waals surface area contributed by atoms with Gasteiger partial charge >= 0.3 is 0 Å². The van der Waals surface area contributed by atoms with E-state index < -0.39 is 0 Å². The van der Waals surface area contributed by atoms with Gasteiger partial charge in [-0.15, -0.1) is 0 Å². The van der Waals surface area contributed by atoms with Crippen LogP contribution in [-0.4, -0.2) is 11.8 Å². The Balaban J connectivity index is 2.66. The van der Waals surface area contributed by atoms with Crippen molar-refractivity contribution in [3.63, 3.8) is 0 Å². The molecule has 1 unspecified atom stereocenters. The Hall–Kier alpha value is -1.84. The second kappa shape index (κ2) is 8.70. The van der Waals surface area contributed by atoms with Crippen molar-refractivity contribution < 1.29 is 9.59 Å². The normalized spacial score (nSPS) is 12.6. The highest BCUT2D eigenvalue weighted by Gasteiger charge is 2.19. The molecule has 0 aliphatic rings. The van der Waals surface area contributed by atoms with Gasteiger partial charge < -0.3 is 10.6 Å². The van der Waals surface area contributed by atoms with Crippen molar-refractivity contribution in [2.45, 2.75) is 60.3 Å². The number of benzene rings is 1. The van der Waals surface area contributed by atoms with Crippen LogP contribution in [0.15, 0.2) is 24.3 Å². The number of carbonyl (C=O) groups is 2. The third-order valence-corrected chi connectivity index (χ3v) is 4.18. The summed E-state index contributed by atoms with van der Waals surface area (Å²) in [6.07, 6.45) is 3.28. The van der Waals surface area contributed by atoms with Gasteiger partial charge in [0.05, 0.1) is 0 Å². The molecule has 0 bridgehead atoms. The second-order valence-corrected chi connectivity index (χ2v) is 7.00. The maximum atomic E-state index is 12.1. The van der Waals surface area contributed by atoms with Crippen molar-refractivity contribution in [2.75, 3.05) is 10.6 Å². The Kier molecular flexibility index (Phi) is 7.27. The lowest BCUT2D eigenvalue weighted by Gasteiger charge is -2.21. The van der Waals surface area contributed by atoms with Gasteiger partial charge in [0.25, 0.3) is 0 Å². The molecular weight excluding hydrogens is 288 g/mol. The first kappa shape index (κ1) is 19.2. The minimum Gasteiger partial charge on any atom is -0.326 e. The van der Waals surface area contributed by atoms with E-state index in [-0.39, 0.29) is 23.1 Å². The van der Waals surface area contributed by atoms with E-state index in [0.29, 0.717) is 17.8 Å². The van der Waals surface area contributed by atoms with E-state index in [4.69, 9.17) is 0 Å². The predicted molar refractivity (Wildman–Crippen MR) is 96.5 cm³/mol. The molecule has 23 heavy (non-hydrogen) atoms. The van der Waals surface area contributed by atoms with E-state index in [1.165, 1.54) is 0 Å². The molecule has 4 nitrogen and oxygen atoms in total. The zero-order valence-corrected chi connectivity index (χ0v) is 15.0. The molecule has 2 amide bonds. The fourth-order valence-corrected chi connectivity index (χ4v) is 2.27. The molecule has 0 heterocycles. The molecular formula is C19H30N2O2. The highest BCUT2D eigenvalue weighted by molar-refractivity contribution is 5.95. The molecule has 2 N–H and O–H groups in total. The standard InChI is InChI=1S/C19H30N2O2/c1-6-9-14(3)18(23)21-16-11-8-10-15(12-16)20-17(22)13-19(4,5)7-2/h8,10-12,14H,6-7,9,13H2,1-5H3,(H,20,22)(H,21,23). The first-order valence-corrected chi connectivity index (χ1v) is 8.48. The van der Waals surface area contributed by atoms with Crippen LogP contribution >= 0.6 is 0 Å². The van der Waals surface area contributed by atoms with Crippen molar-refractivity contribution in [2.24, 2.45) is 11.3 Å². The molecule has 1 aromatic rings. The highest BCUT2D eigenvalue weighted by atomic mass is 16.2. The van der Waals surface area contributed by atoms with E-state index in [9.17, 15) is 9.59 Å². The van der Waals surface area contributed by atoms with Crippen LogP contribution < -0.4 is 10.6 Å². The summed E-state index contributed by atoms with van der Waals surface area (Å²) in [5, 5.41) is 5.82. The molecule has 1 rings (SSSR count). The second-order valence-electron chi connectivity index (χ2n) is 7.00. The third-order valence-electron chi connectivity index (χ3n) is 4.18. The molecule has 0 aliphatic heterocycles. The summed E-state index contributed by atoms with van der Waals surface area (Å²) in [7, 11) is 0. The van der Waals surface area contributed by atoms with Crippen LogP contribution in [0, 0.1) is 11.3 Å². The van der Waals surface area contributed by atoms with Gasteiger partial charge in [0.2, 0.25) is 11.8 Å². The number of carbonyl (C=O) groups excluding carboxylic acids is 2. The van der Waals surface area contributed by atoms with E-state index >= 15 is 0 Å². The van der Waals surface area contributed by atoms with Crippen molar-refractivity contribution in [3.8, 4) is 0 Å². The average molecular weight is 318 g/mol. The van der Waals surface area contributed by atoms with Crippen molar-refractivity contribution in [1.82, 2.24) is 0 Å². The molecule has 4 heteroatoms. The lowest BCUT2D eigenvalue weighted by Crippen LogP contribution is -2.22. The third kappa shape index (κ3) is 6.85. The molecule has 0 radical (unpaired) electrons. The predicted octanol–water partition coefficient (Wildman–Crippen LogP) is 4.83. The van der Waals surface area contributed by atoms with Crippen LogP contribution in [0.1, 0.15) is 60.3 Å². The summed E-state index contributed by atoms with van der Waals surface area (Å²) in [5.41, 5.74) is 1.42. The Morgan fingerprint density at radius 3 is 2.30 bits per heavy atom. The van der Waals surface area contributed by atoms with Crippen molar-refractivity contribution >= 4 is 23.2 Å². The molecule has 0 spiro atoms. The number of hydrogen-bond donors (Lipinski definition) is 2. The zero-order valence-electron chi connectivity index (χ0n) is 15.0. The van der Waals surface area contributed by atoms with Gasteiger partial charge in [-0.25, -0.2) is 0 Å². The molecule has 128 valence electrons. The van der Waals surface area contributed by atoms with Gasteiger partial charge in [0.1, 0.15) is 0 Å². The number of rotatable bonds is 8. The van der Waals surface area contributed by atoms with Crippen molar-refractivity contribution in [3.05, 3.63) is 24.3 Å². The largest absolute Gasteiger partial charge is 0.326 e. The SMILES string of the molecule is CCCC(C)C(=O)Nc1cccc(NC(=O)CC(C)(C)CC)c1. The Bertz CT molecular complexity index is 538. The summed E-state index contributed by atoms with van der Waals surface area (Å²) in [6.45, 7) is 10.2. The lowest BCUT2D eigenvalue weighted by molar-refractivity contribution is -0.119. The monoisotopic (exact) mass is 318 g/mol. The van der Waals surface area contributed by atoms with E-state index in [1.807, 2.05) is 25.1 Å². The van der Waals surface area contributed by atoms with Crippen LogP contribution in [0.2, 0.25) is 0 Å². The first-order valence-electron chi connectivity index (χ1n) is 8.48. The fraction of sp³-hybridized carbons (Fsp3) is 0.579. The summed E-state index contributed by atoms with van der Waals surface area (Å²) < 4.78 is 0. The maximum absolute atomic E-state index is 12.1. The van der Waals surface area contributed by atoms with Crippen LogP contribution in [0.3, 0.4) is 0 Å². The molecule has 0 saturated heterocycles. The molecule has 0 fully saturated rings. The van der Waals surface area contributed by atoms with Gasteiger partial charge in [0.15, 0.2) is 0 Å². The summed E-state index contributed by atoms with van der Waals surface area (Å²) in [4.78, 5) is 24.2. The Morgan fingerprint density at radius 2 is 1.74 bits per heavy atom. The molecule has 0 aromatic heterocycles. The smallest absolute Gasteiger partial charge is 0.227 e. The molecule has 0 aliphatic carbocycles. The number of nitrogens with one attached hydrogen (secondary N) is 2. The van der Waals surface area contributed by atoms with Gasteiger partial charge in [-0.05, 0) is 30.0 Å². The number of amides is 2. The topological polar surface area (TPSA) is 58.2 Å². The average Bonchev–Trinajstić information content (AvgIpc) is 2.47. The van der Waals surface area contributed by atoms with Gasteiger partial charge in [-0.2, -0.15) is 0 Å². The van der Waals surface area contributed by atoms with Crippen LogP contribution in [0.4, 0.5) is 11.4 Å². The zero-order chi connectivity index (χ0) is 17.5. The number of hydrogen-bond acceptors (Lipinski definition) is 2. The lowest BCUT2D eigenvalue weighted by atomic mass is 9.86. The van der Waals surface area contributed by atoms with Gasteiger partial charge in [0, 0.05) is 23.7 Å². The van der Waals surface area contributed by atoms with Crippen LogP contribution in [0.25, 0.3) is 0 Å². The van der Waals surface area contributed by atoms with Crippen molar-refractivity contribution in [1.29, 1.82) is 0 Å². The quantitative estimate of drug-likeness (QED) is 0.721. The summed E-state index contributed by atoms with van der Waals surface area (Å²) in [5.74, 6) is 0.00530. The van der Waals surface area contributed by atoms with Crippen LogP contribution in [0.5, 0.6) is 0 Å². The molecule has 1 atom stereocenters. The first-order chi connectivity index (χ1) is 10.8. The van der Waals surface area contributed by atoms with E-state index in [1.54, 1.807) is 6.07 Å². The highest BCUT2D eigenvalue weighted by Crippen LogP contribution is 2.25. The summed E-state index contributed by atoms with van der Waals surface area (Å²) in [6, 6.07) is 7.30. The van der Waals surface area contributed by atoms with E-state index in [2.05, 4.69) is 38.3 Å². The van der Waals surface area contributed by atoms with E-state index in [0.717, 1.165) is 19.3 Å². The van der Waals surface area contributed by atoms with Crippen LogP contribution in [-0.2, 0) is 9.59 Å². The Morgan fingerprint density at radius 1 is 1.13 bits per heavy atom.